The van der Waals surface area contributed by atoms with Crippen LogP contribution in [0.25, 0.3) is 0 Å². The smallest absolute Gasteiger partial charge is 0.161 e. The molecular formula is C33H45ClO7. The van der Waals surface area contributed by atoms with Crippen LogP contribution in [0.5, 0.6) is 11.5 Å². The molecule has 5 atom stereocenters. The maximum atomic E-state index is 12.4. The van der Waals surface area contributed by atoms with Crippen molar-refractivity contribution in [2.24, 2.45) is 0 Å². The second-order valence-electron chi connectivity index (χ2n) is 10.7. The number of fused-ring (bicyclic) bond motifs is 1. The molecule has 2 aromatic rings. The molecule has 0 aliphatic carbocycles. The van der Waals surface area contributed by atoms with Crippen LogP contribution in [0.3, 0.4) is 0 Å². The monoisotopic (exact) mass is 588 g/mol. The van der Waals surface area contributed by atoms with Gasteiger partial charge in [-0.15, -0.1) is 0 Å². The van der Waals surface area contributed by atoms with Gasteiger partial charge in [0.15, 0.2) is 17.8 Å². The molecule has 2 aliphatic heterocycles. The molecule has 0 saturated carbocycles. The van der Waals surface area contributed by atoms with Crippen molar-refractivity contribution in [1.29, 1.82) is 0 Å². The van der Waals surface area contributed by atoms with Gasteiger partial charge in [-0.1, -0.05) is 69.8 Å². The first-order chi connectivity index (χ1) is 20.1. The number of hydrogen-bond donors (Lipinski definition) is 0. The predicted octanol–water partition coefficient (Wildman–Crippen LogP) is 6.90. The Kier molecular flexibility index (Phi) is 12.8. The summed E-state index contributed by atoms with van der Waals surface area (Å²) in [6.07, 6.45) is 4.47. The van der Waals surface area contributed by atoms with Gasteiger partial charge in [0.05, 0.1) is 0 Å². The van der Waals surface area contributed by atoms with Crippen LogP contribution in [0.4, 0.5) is 0 Å². The normalized spacial score (nSPS) is 23.9. The Morgan fingerprint density at radius 3 is 2.10 bits per heavy atom. The highest BCUT2D eigenvalue weighted by atomic mass is 35.5. The SMILES string of the molecule is CCCCO[C@H]1[C@H](OCCCC)[C@@H](OCCCC)C(c2ccc(Cl)c(Cc3ccc4c(c3)OCCO4)c2)O[C@@H]1C=O. The van der Waals surface area contributed by atoms with Gasteiger partial charge in [0.25, 0.3) is 0 Å². The molecule has 0 bridgehead atoms. The lowest BCUT2D eigenvalue weighted by atomic mass is 9.89. The fourth-order valence-electron chi connectivity index (χ4n) is 5.23. The summed E-state index contributed by atoms with van der Waals surface area (Å²) in [5.74, 6) is 1.50. The van der Waals surface area contributed by atoms with Crippen molar-refractivity contribution in [2.75, 3.05) is 33.0 Å². The maximum absolute atomic E-state index is 12.4. The Bertz CT molecular complexity index is 1090. The van der Waals surface area contributed by atoms with Crippen LogP contribution < -0.4 is 9.47 Å². The molecule has 2 aromatic carbocycles. The average Bonchev–Trinajstić information content (AvgIpc) is 2.99. The number of benzene rings is 2. The Labute approximate surface area is 249 Å². The molecule has 2 aliphatic rings. The van der Waals surface area contributed by atoms with Crippen LogP contribution >= 0.6 is 11.6 Å². The third kappa shape index (κ3) is 8.45. The summed E-state index contributed by atoms with van der Waals surface area (Å²) in [5.41, 5.74) is 2.90. The number of carbonyl (C=O) groups is 1. The quantitative estimate of drug-likeness (QED) is 0.156. The first kappa shape index (κ1) is 31.8. The minimum atomic E-state index is -0.772. The highest BCUT2D eigenvalue weighted by Crippen LogP contribution is 2.39. The van der Waals surface area contributed by atoms with Gasteiger partial charge in [-0.3, -0.25) is 0 Å². The summed E-state index contributed by atoms with van der Waals surface area (Å²) < 4.78 is 37.2. The van der Waals surface area contributed by atoms with Gasteiger partial charge in [0, 0.05) is 24.8 Å². The number of rotatable bonds is 16. The summed E-state index contributed by atoms with van der Waals surface area (Å²) in [7, 11) is 0. The zero-order chi connectivity index (χ0) is 29.0. The summed E-state index contributed by atoms with van der Waals surface area (Å²) in [4.78, 5) is 12.4. The van der Waals surface area contributed by atoms with Gasteiger partial charge in [-0.05, 0) is 60.6 Å². The molecule has 7 nitrogen and oxygen atoms in total. The zero-order valence-electron chi connectivity index (χ0n) is 24.6. The summed E-state index contributed by atoms with van der Waals surface area (Å²) in [5, 5.41) is 0.659. The van der Waals surface area contributed by atoms with E-state index in [0.717, 1.165) is 73.0 Å². The van der Waals surface area contributed by atoms with E-state index >= 15 is 0 Å². The van der Waals surface area contributed by atoms with Crippen molar-refractivity contribution in [3.8, 4) is 11.5 Å². The second-order valence-corrected chi connectivity index (χ2v) is 11.1. The Morgan fingerprint density at radius 1 is 0.805 bits per heavy atom. The van der Waals surface area contributed by atoms with Crippen molar-refractivity contribution < 1.29 is 33.2 Å². The zero-order valence-corrected chi connectivity index (χ0v) is 25.4. The molecule has 1 unspecified atom stereocenters. The van der Waals surface area contributed by atoms with Crippen molar-refractivity contribution >= 4 is 17.9 Å². The van der Waals surface area contributed by atoms with Gasteiger partial charge in [-0.2, -0.15) is 0 Å². The molecule has 4 rings (SSSR count). The standard InChI is InChI=1S/C33H45ClO7/c1-4-7-14-38-31-29(22-35)41-30(32(39-15-8-5-2)33(31)40-16-9-6-3)24-11-12-26(34)25(21-24)19-23-10-13-27-28(20-23)37-18-17-36-27/h10-13,20-22,29-33H,4-9,14-19H2,1-3H3/t29-,30?,31-,32+,33+/m1/s1. The van der Waals surface area contributed by atoms with E-state index in [1.807, 2.05) is 30.3 Å². The number of aldehydes is 1. The van der Waals surface area contributed by atoms with Gasteiger partial charge in [-0.25, -0.2) is 0 Å². The Balaban J connectivity index is 1.64. The lowest BCUT2D eigenvalue weighted by molar-refractivity contribution is -0.252. The van der Waals surface area contributed by atoms with Crippen LogP contribution in [0.1, 0.15) is 82.1 Å². The predicted molar refractivity (Wildman–Crippen MR) is 159 cm³/mol. The van der Waals surface area contributed by atoms with E-state index in [4.69, 9.17) is 40.0 Å². The van der Waals surface area contributed by atoms with Gasteiger partial charge in [0.2, 0.25) is 0 Å². The summed E-state index contributed by atoms with van der Waals surface area (Å²) in [6, 6.07) is 11.9. The lowest BCUT2D eigenvalue weighted by Crippen LogP contribution is -2.58. The van der Waals surface area contributed by atoms with E-state index in [1.165, 1.54) is 0 Å². The van der Waals surface area contributed by atoms with E-state index in [0.29, 0.717) is 44.5 Å². The molecule has 226 valence electrons. The first-order valence-corrected chi connectivity index (χ1v) is 15.6. The van der Waals surface area contributed by atoms with Gasteiger partial charge >= 0.3 is 0 Å². The first-order valence-electron chi connectivity index (χ1n) is 15.2. The van der Waals surface area contributed by atoms with E-state index in [2.05, 4.69) is 26.8 Å². The fourth-order valence-corrected chi connectivity index (χ4v) is 5.41. The van der Waals surface area contributed by atoms with E-state index in [1.54, 1.807) is 0 Å². The second kappa shape index (κ2) is 16.5. The number of halogens is 1. The third-order valence-electron chi connectivity index (χ3n) is 7.53. The number of hydrogen-bond acceptors (Lipinski definition) is 7. The van der Waals surface area contributed by atoms with Crippen molar-refractivity contribution in [1.82, 2.24) is 0 Å². The molecule has 2 heterocycles. The summed E-state index contributed by atoms with van der Waals surface area (Å²) >= 11 is 6.70. The number of unbranched alkanes of at least 4 members (excludes halogenated alkanes) is 3. The van der Waals surface area contributed by atoms with Crippen LogP contribution in [0.2, 0.25) is 5.02 Å². The molecule has 0 spiro atoms. The molecule has 8 heteroatoms. The molecule has 0 amide bonds. The molecule has 0 aromatic heterocycles. The topological polar surface area (TPSA) is 72.5 Å². The van der Waals surface area contributed by atoms with Crippen LogP contribution in [-0.4, -0.2) is 63.7 Å². The van der Waals surface area contributed by atoms with E-state index < -0.39 is 30.5 Å². The third-order valence-corrected chi connectivity index (χ3v) is 7.90. The minimum absolute atomic E-state index is 0.440. The van der Waals surface area contributed by atoms with Gasteiger partial charge < -0.3 is 33.2 Å². The largest absolute Gasteiger partial charge is 0.486 e. The number of ether oxygens (including phenoxy) is 6. The summed E-state index contributed by atoms with van der Waals surface area (Å²) in [6.45, 7) is 9.14. The average molecular weight is 589 g/mol. The van der Waals surface area contributed by atoms with Crippen LogP contribution in [0.15, 0.2) is 36.4 Å². The Morgan fingerprint density at radius 2 is 1.44 bits per heavy atom. The molecule has 41 heavy (non-hydrogen) atoms. The number of carbonyl (C=O) groups excluding carboxylic acids is 1. The molecule has 0 radical (unpaired) electrons. The molecule has 1 saturated heterocycles. The highest BCUT2D eigenvalue weighted by molar-refractivity contribution is 6.31. The van der Waals surface area contributed by atoms with E-state index in [9.17, 15) is 4.79 Å². The van der Waals surface area contributed by atoms with E-state index in [-0.39, 0.29) is 0 Å². The molecular weight excluding hydrogens is 544 g/mol. The molecule has 0 N–H and O–H groups in total. The minimum Gasteiger partial charge on any atom is -0.486 e. The highest BCUT2D eigenvalue weighted by Gasteiger charge is 2.48. The van der Waals surface area contributed by atoms with Crippen molar-refractivity contribution in [2.45, 2.75) is 96.2 Å². The van der Waals surface area contributed by atoms with Crippen molar-refractivity contribution in [3.63, 3.8) is 0 Å². The van der Waals surface area contributed by atoms with Gasteiger partial charge in [0.1, 0.15) is 43.7 Å². The lowest BCUT2D eigenvalue weighted by Gasteiger charge is -2.45. The fraction of sp³-hybridized carbons (Fsp3) is 0.606. The van der Waals surface area contributed by atoms with Crippen LogP contribution in [-0.2, 0) is 30.2 Å². The molecule has 1 fully saturated rings. The maximum Gasteiger partial charge on any atom is 0.161 e. The van der Waals surface area contributed by atoms with Crippen LogP contribution in [0, 0.1) is 0 Å². The van der Waals surface area contributed by atoms with Crippen molar-refractivity contribution in [3.05, 3.63) is 58.1 Å². The Hall–Kier alpha value is -2.16.